The average Bonchev–Trinajstić information content (AvgIpc) is 2.92. The summed E-state index contributed by atoms with van der Waals surface area (Å²) >= 11 is 0. The van der Waals surface area contributed by atoms with E-state index in [4.69, 9.17) is 0 Å². The summed E-state index contributed by atoms with van der Waals surface area (Å²) in [6.45, 7) is 9.90. The van der Waals surface area contributed by atoms with Crippen LogP contribution in [0.2, 0.25) is 0 Å². The molecule has 1 aromatic rings. The van der Waals surface area contributed by atoms with Crippen LogP contribution in [0.25, 0.3) is 0 Å². The molecule has 0 aliphatic carbocycles. The summed E-state index contributed by atoms with van der Waals surface area (Å²) in [5, 5.41) is 13.8. The predicted octanol–water partition coefficient (Wildman–Crippen LogP) is 3.12. The van der Waals surface area contributed by atoms with Crippen LogP contribution >= 0.6 is 0 Å². The molecule has 1 aliphatic heterocycles. The molecule has 0 unspecified atom stereocenters. The molecule has 0 radical (unpaired) electrons. The van der Waals surface area contributed by atoms with Crippen LogP contribution in [0.15, 0.2) is 12.4 Å². The maximum absolute atomic E-state index is 9.23. The van der Waals surface area contributed by atoms with Crippen LogP contribution in [0.1, 0.15) is 57.9 Å². The lowest BCUT2D eigenvalue weighted by Gasteiger charge is -2.40. The van der Waals surface area contributed by atoms with Crippen molar-refractivity contribution in [3.63, 3.8) is 0 Å². The Balaban J connectivity index is 2.16. The minimum atomic E-state index is -0.0911. The molecule has 2 rings (SSSR count). The molecule has 0 atom stereocenters. The molecule has 110 valence electrons. The molecule has 4 nitrogen and oxygen atoms in total. The largest absolute Gasteiger partial charge is 0.303 e. The first-order valence-corrected chi connectivity index (χ1v) is 7.75. The minimum absolute atomic E-state index is 0.0911. The highest BCUT2D eigenvalue weighted by atomic mass is 15.3. The number of aromatic nitrogens is 2. The van der Waals surface area contributed by atoms with Gasteiger partial charge in [0.1, 0.15) is 0 Å². The summed E-state index contributed by atoms with van der Waals surface area (Å²) in [5.41, 5.74) is 1.17. The third-order valence-electron chi connectivity index (χ3n) is 4.49. The van der Waals surface area contributed by atoms with E-state index in [-0.39, 0.29) is 5.54 Å². The van der Waals surface area contributed by atoms with Crippen LogP contribution in [0.3, 0.4) is 0 Å². The summed E-state index contributed by atoms with van der Waals surface area (Å²) in [7, 11) is 0. The van der Waals surface area contributed by atoms with E-state index in [2.05, 4.69) is 47.7 Å². The summed E-state index contributed by atoms with van der Waals surface area (Å²) in [5.74, 6) is 0.489. The fourth-order valence-electron chi connectivity index (χ4n) is 3.04. The summed E-state index contributed by atoms with van der Waals surface area (Å²) in [6, 6.07) is 2.38. The number of hydrogen-bond donors (Lipinski definition) is 0. The van der Waals surface area contributed by atoms with Gasteiger partial charge in [0.2, 0.25) is 0 Å². The lowest BCUT2D eigenvalue weighted by atomic mass is 9.85. The topological polar surface area (TPSA) is 44.9 Å². The Morgan fingerprint density at radius 2 is 2.10 bits per heavy atom. The van der Waals surface area contributed by atoms with Crippen molar-refractivity contribution in [1.82, 2.24) is 14.7 Å². The van der Waals surface area contributed by atoms with Crippen molar-refractivity contribution >= 4 is 0 Å². The van der Waals surface area contributed by atoms with Gasteiger partial charge in [-0.3, -0.25) is 4.68 Å². The van der Waals surface area contributed by atoms with Crippen molar-refractivity contribution in [3.05, 3.63) is 18.0 Å². The summed E-state index contributed by atoms with van der Waals surface area (Å²) in [6.07, 6.45) is 7.93. The highest BCUT2D eigenvalue weighted by molar-refractivity contribution is 5.11. The van der Waals surface area contributed by atoms with Gasteiger partial charge in [0, 0.05) is 19.3 Å². The third kappa shape index (κ3) is 3.04. The molecule has 0 spiro atoms. The Labute approximate surface area is 122 Å². The van der Waals surface area contributed by atoms with Crippen LogP contribution in [-0.2, 0) is 5.54 Å². The van der Waals surface area contributed by atoms with Crippen molar-refractivity contribution < 1.29 is 0 Å². The summed E-state index contributed by atoms with van der Waals surface area (Å²) < 4.78 is 2.08. The number of rotatable bonds is 5. The average molecular weight is 274 g/mol. The molecule has 20 heavy (non-hydrogen) atoms. The van der Waals surface area contributed by atoms with Crippen LogP contribution in [0.5, 0.6) is 0 Å². The molecule has 1 aromatic heterocycles. The number of piperidine rings is 1. The van der Waals surface area contributed by atoms with Crippen LogP contribution in [0, 0.1) is 11.3 Å². The Hall–Kier alpha value is -1.34. The van der Waals surface area contributed by atoms with Gasteiger partial charge >= 0.3 is 0 Å². The maximum atomic E-state index is 9.23. The second-order valence-electron chi connectivity index (χ2n) is 6.27. The number of nitriles is 1. The molecule has 1 fully saturated rings. The molecule has 0 aromatic carbocycles. The monoisotopic (exact) mass is 274 g/mol. The van der Waals surface area contributed by atoms with Gasteiger partial charge in [0.15, 0.2) is 0 Å². The lowest BCUT2D eigenvalue weighted by Crippen LogP contribution is -2.46. The molecular formula is C16H26N4. The lowest BCUT2D eigenvalue weighted by molar-refractivity contribution is 0.102. The Kier molecular flexibility index (Phi) is 4.82. The van der Waals surface area contributed by atoms with E-state index in [9.17, 15) is 5.26 Å². The van der Waals surface area contributed by atoms with Crippen LogP contribution in [0.4, 0.5) is 0 Å². The van der Waals surface area contributed by atoms with Crippen molar-refractivity contribution in [2.75, 3.05) is 19.6 Å². The highest BCUT2D eigenvalue weighted by Gasteiger charge is 2.36. The Morgan fingerprint density at radius 3 is 2.60 bits per heavy atom. The fraction of sp³-hybridized carbons (Fsp3) is 0.750. The summed E-state index contributed by atoms with van der Waals surface area (Å²) in [4.78, 5) is 2.50. The van der Waals surface area contributed by atoms with Gasteiger partial charge in [-0.15, -0.1) is 0 Å². The highest BCUT2D eigenvalue weighted by Crippen LogP contribution is 2.33. The zero-order valence-electron chi connectivity index (χ0n) is 13.0. The molecule has 0 bridgehead atoms. The zero-order chi connectivity index (χ0) is 14.6. The standard InChI is InChI=1S/C16H26N4/c1-4-9-19-10-6-16(5-8-17,7-11-19)20-13-15(12-18-20)14(2)3/h12-14H,4-7,9-11H2,1-3H3. The van der Waals surface area contributed by atoms with Crippen LogP contribution < -0.4 is 0 Å². The molecule has 2 heterocycles. The SMILES string of the molecule is CCCN1CCC(CC#N)(n2cc(C(C)C)cn2)CC1. The van der Waals surface area contributed by atoms with Crippen molar-refractivity contribution in [2.45, 2.75) is 57.9 Å². The number of hydrogen-bond acceptors (Lipinski definition) is 3. The van der Waals surface area contributed by atoms with Gasteiger partial charge in [0.05, 0.1) is 24.2 Å². The first-order valence-electron chi connectivity index (χ1n) is 7.75. The maximum Gasteiger partial charge on any atom is 0.0781 e. The van der Waals surface area contributed by atoms with Crippen LogP contribution in [-0.4, -0.2) is 34.3 Å². The van der Waals surface area contributed by atoms with E-state index in [1.54, 1.807) is 0 Å². The predicted molar refractivity (Wildman–Crippen MR) is 80.5 cm³/mol. The van der Waals surface area contributed by atoms with Gasteiger partial charge < -0.3 is 4.90 Å². The van der Waals surface area contributed by atoms with Gasteiger partial charge in [-0.2, -0.15) is 10.4 Å². The van der Waals surface area contributed by atoms with Gasteiger partial charge in [-0.25, -0.2) is 0 Å². The molecule has 1 aliphatic rings. The van der Waals surface area contributed by atoms with E-state index in [0.29, 0.717) is 12.3 Å². The zero-order valence-corrected chi connectivity index (χ0v) is 13.0. The second-order valence-corrected chi connectivity index (χ2v) is 6.27. The first-order chi connectivity index (χ1) is 9.61. The van der Waals surface area contributed by atoms with Gasteiger partial charge in [-0.1, -0.05) is 20.8 Å². The molecule has 0 saturated carbocycles. The number of likely N-dealkylation sites (tertiary alicyclic amines) is 1. The van der Waals surface area contributed by atoms with E-state index < -0.39 is 0 Å². The van der Waals surface area contributed by atoms with Crippen molar-refractivity contribution in [3.8, 4) is 6.07 Å². The van der Waals surface area contributed by atoms with Crippen molar-refractivity contribution in [2.24, 2.45) is 0 Å². The van der Waals surface area contributed by atoms with E-state index in [1.165, 1.54) is 18.5 Å². The molecular weight excluding hydrogens is 248 g/mol. The normalized spacial score (nSPS) is 19.1. The smallest absolute Gasteiger partial charge is 0.0781 e. The van der Waals surface area contributed by atoms with E-state index in [1.807, 2.05) is 6.20 Å². The Morgan fingerprint density at radius 1 is 1.40 bits per heavy atom. The van der Waals surface area contributed by atoms with Gasteiger partial charge in [-0.05, 0) is 37.3 Å². The quantitative estimate of drug-likeness (QED) is 0.828. The molecule has 0 amide bonds. The van der Waals surface area contributed by atoms with E-state index >= 15 is 0 Å². The third-order valence-corrected chi connectivity index (χ3v) is 4.49. The molecule has 0 N–H and O–H groups in total. The van der Waals surface area contributed by atoms with Gasteiger partial charge in [0.25, 0.3) is 0 Å². The van der Waals surface area contributed by atoms with E-state index in [0.717, 1.165) is 25.9 Å². The minimum Gasteiger partial charge on any atom is -0.303 e. The molecule has 4 heteroatoms. The fourth-order valence-corrected chi connectivity index (χ4v) is 3.04. The van der Waals surface area contributed by atoms with Crippen molar-refractivity contribution in [1.29, 1.82) is 5.26 Å². The second kappa shape index (κ2) is 6.41. The first kappa shape index (κ1) is 15.1. The number of nitrogens with zero attached hydrogens (tertiary/aromatic N) is 4. The Bertz CT molecular complexity index is 461. The molecule has 1 saturated heterocycles.